The van der Waals surface area contributed by atoms with Gasteiger partial charge in [0, 0.05) is 55.2 Å². The summed E-state index contributed by atoms with van der Waals surface area (Å²) in [7, 11) is 0. The molecule has 0 bridgehead atoms. The molecule has 170 valence electrons. The Morgan fingerprint density at radius 1 is 0.824 bits per heavy atom. The normalized spacial score (nSPS) is 15.4. The predicted octanol–water partition coefficient (Wildman–Crippen LogP) is 4.03. The zero-order valence-electron chi connectivity index (χ0n) is 18.7. The number of amides is 1. The first-order valence-electron chi connectivity index (χ1n) is 11.5. The van der Waals surface area contributed by atoms with Crippen molar-refractivity contribution in [2.75, 3.05) is 44.3 Å². The second kappa shape index (κ2) is 8.67. The van der Waals surface area contributed by atoms with Crippen LogP contribution in [0.3, 0.4) is 0 Å². The van der Waals surface area contributed by atoms with Crippen LogP contribution >= 0.6 is 0 Å². The van der Waals surface area contributed by atoms with Crippen molar-refractivity contribution in [1.29, 1.82) is 0 Å². The first kappa shape index (κ1) is 20.5. The molecule has 34 heavy (non-hydrogen) atoms. The van der Waals surface area contributed by atoms with Crippen LogP contribution in [0, 0.1) is 0 Å². The van der Waals surface area contributed by atoms with E-state index in [2.05, 4.69) is 9.88 Å². The summed E-state index contributed by atoms with van der Waals surface area (Å²) in [5, 5.41) is 0.866. The number of benzene rings is 2. The molecule has 4 aromatic rings. The zero-order valence-corrected chi connectivity index (χ0v) is 18.7. The molecular weight excluding hydrogens is 428 g/mol. The van der Waals surface area contributed by atoms with E-state index in [1.165, 1.54) is 0 Å². The number of hydrogen-bond acceptors (Lipinski definition) is 6. The number of fused-ring (bicyclic) bond motifs is 2. The molecule has 2 aromatic carbocycles. The standard InChI is InChI=1S/C27H24N4O3/c32-27(31-13-11-30(12-14-31)20-7-9-28-10-8-20)22-18-24(29-23-4-2-1-3-21(22)23)19-5-6-25-26(17-19)34-16-15-33-25/h1-10,17-18H,11-16H2. The van der Waals surface area contributed by atoms with Crippen molar-refractivity contribution in [3.8, 4) is 22.8 Å². The Bertz CT molecular complexity index is 1350. The molecule has 7 nitrogen and oxygen atoms in total. The minimum absolute atomic E-state index is 0.0340. The van der Waals surface area contributed by atoms with Gasteiger partial charge in [0.05, 0.1) is 16.8 Å². The molecule has 0 saturated carbocycles. The number of carbonyl (C=O) groups excluding carboxylic acids is 1. The number of ether oxygens (including phenoxy) is 2. The van der Waals surface area contributed by atoms with E-state index >= 15 is 0 Å². The van der Waals surface area contributed by atoms with Crippen LogP contribution in [0.2, 0.25) is 0 Å². The van der Waals surface area contributed by atoms with Crippen LogP contribution in [0.5, 0.6) is 11.5 Å². The van der Waals surface area contributed by atoms with E-state index in [0.29, 0.717) is 37.6 Å². The Balaban J connectivity index is 1.32. The van der Waals surface area contributed by atoms with Gasteiger partial charge in [0.2, 0.25) is 0 Å². The monoisotopic (exact) mass is 452 g/mol. The lowest BCUT2D eigenvalue weighted by Gasteiger charge is -2.36. The molecule has 2 aliphatic rings. The first-order valence-corrected chi connectivity index (χ1v) is 11.5. The van der Waals surface area contributed by atoms with Gasteiger partial charge in [-0.25, -0.2) is 4.98 Å². The van der Waals surface area contributed by atoms with E-state index in [-0.39, 0.29) is 5.91 Å². The van der Waals surface area contributed by atoms with Crippen LogP contribution in [-0.2, 0) is 0 Å². The molecule has 0 unspecified atom stereocenters. The largest absolute Gasteiger partial charge is 0.486 e. The van der Waals surface area contributed by atoms with Crippen LogP contribution in [-0.4, -0.2) is 60.2 Å². The quantitative estimate of drug-likeness (QED) is 0.468. The van der Waals surface area contributed by atoms with Crippen LogP contribution in [0.15, 0.2) is 73.1 Å². The predicted molar refractivity (Wildman–Crippen MR) is 131 cm³/mol. The fourth-order valence-corrected chi connectivity index (χ4v) is 4.60. The third-order valence-electron chi connectivity index (χ3n) is 6.38. The molecule has 0 spiro atoms. The molecule has 7 heteroatoms. The number of para-hydroxylation sites is 1. The number of piperazine rings is 1. The highest BCUT2D eigenvalue weighted by Gasteiger charge is 2.25. The van der Waals surface area contributed by atoms with Gasteiger partial charge in [0.15, 0.2) is 11.5 Å². The lowest BCUT2D eigenvalue weighted by molar-refractivity contribution is 0.0748. The Kier molecular flexibility index (Phi) is 5.22. The molecule has 2 aromatic heterocycles. The fourth-order valence-electron chi connectivity index (χ4n) is 4.60. The Hall–Kier alpha value is -4.13. The van der Waals surface area contributed by atoms with E-state index < -0.39 is 0 Å². The molecule has 6 rings (SSSR count). The minimum Gasteiger partial charge on any atom is -0.486 e. The van der Waals surface area contributed by atoms with E-state index in [4.69, 9.17) is 14.5 Å². The van der Waals surface area contributed by atoms with E-state index in [1.807, 2.05) is 65.6 Å². The Morgan fingerprint density at radius 3 is 2.41 bits per heavy atom. The van der Waals surface area contributed by atoms with Gasteiger partial charge in [-0.15, -0.1) is 0 Å². The van der Waals surface area contributed by atoms with Gasteiger partial charge >= 0.3 is 0 Å². The number of rotatable bonds is 3. The summed E-state index contributed by atoms with van der Waals surface area (Å²) in [6.07, 6.45) is 3.60. The summed E-state index contributed by atoms with van der Waals surface area (Å²) in [6.45, 7) is 3.97. The summed E-state index contributed by atoms with van der Waals surface area (Å²) in [6, 6.07) is 19.6. The summed E-state index contributed by atoms with van der Waals surface area (Å²) >= 11 is 0. The third-order valence-corrected chi connectivity index (χ3v) is 6.38. The molecule has 1 amide bonds. The van der Waals surface area contributed by atoms with Crippen molar-refractivity contribution < 1.29 is 14.3 Å². The Morgan fingerprint density at radius 2 is 1.59 bits per heavy atom. The van der Waals surface area contributed by atoms with E-state index in [1.54, 1.807) is 12.4 Å². The molecule has 1 fully saturated rings. The van der Waals surface area contributed by atoms with Gasteiger partial charge in [0.1, 0.15) is 13.2 Å². The number of anilines is 1. The highest BCUT2D eigenvalue weighted by Crippen LogP contribution is 2.35. The summed E-state index contributed by atoms with van der Waals surface area (Å²) in [5.41, 5.74) is 4.25. The van der Waals surface area contributed by atoms with Crippen molar-refractivity contribution in [3.05, 3.63) is 78.6 Å². The van der Waals surface area contributed by atoms with Crippen molar-refractivity contribution in [2.24, 2.45) is 0 Å². The summed E-state index contributed by atoms with van der Waals surface area (Å²) < 4.78 is 11.4. The number of carbonyl (C=O) groups is 1. The van der Waals surface area contributed by atoms with Crippen molar-refractivity contribution in [1.82, 2.24) is 14.9 Å². The average Bonchev–Trinajstić information content (AvgIpc) is 2.92. The van der Waals surface area contributed by atoms with Crippen LogP contribution in [0.4, 0.5) is 5.69 Å². The van der Waals surface area contributed by atoms with Crippen LogP contribution in [0.1, 0.15) is 10.4 Å². The topological polar surface area (TPSA) is 67.8 Å². The lowest BCUT2D eigenvalue weighted by Crippen LogP contribution is -2.48. The smallest absolute Gasteiger partial charge is 0.254 e. The highest BCUT2D eigenvalue weighted by atomic mass is 16.6. The van der Waals surface area contributed by atoms with Gasteiger partial charge in [0.25, 0.3) is 5.91 Å². The number of nitrogens with zero attached hydrogens (tertiary/aromatic N) is 4. The molecule has 0 aliphatic carbocycles. The van der Waals surface area contributed by atoms with Gasteiger partial charge in [-0.1, -0.05) is 18.2 Å². The van der Waals surface area contributed by atoms with Gasteiger partial charge in [-0.2, -0.15) is 0 Å². The van der Waals surface area contributed by atoms with Crippen LogP contribution in [0.25, 0.3) is 22.2 Å². The van der Waals surface area contributed by atoms with E-state index in [0.717, 1.165) is 46.7 Å². The van der Waals surface area contributed by atoms with Crippen molar-refractivity contribution >= 4 is 22.5 Å². The van der Waals surface area contributed by atoms with Crippen LogP contribution < -0.4 is 14.4 Å². The number of aromatic nitrogens is 2. The van der Waals surface area contributed by atoms with Gasteiger partial charge in [-0.05, 0) is 42.5 Å². The molecule has 2 aliphatic heterocycles. The first-order chi connectivity index (χ1) is 16.8. The third kappa shape index (κ3) is 3.79. The maximum absolute atomic E-state index is 13.7. The summed E-state index contributed by atoms with van der Waals surface area (Å²) in [5.74, 6) is 1.48. The molecule has 4 heterocycles. The zero-order chi connectivity index (χ0) is 22.9. The van der Waals surface area contributed by atoms with E-state index in [9.17, 15) is 4.79 Å². The minimum atomic E-state index is 0.0340. The summed E-state index contributed by atoms with van der Waals surface area (Å²) in [4.78, 5) is 26.9. The fraction of sp³-hybridized carbons (Fsp3) is 0.222. The number of hydrogen-bond donors (Lipinski definition) is 0. The molecule has 1 saturated heterocycles. The SMILES string of the molecule is O=C(c1cc(-c2ccc3c(c2)OCCO3)nc2ccccc12)N1CCN(c2ccncc2)CC1. The second-order valence-electron chi connectivity index (χ2n) is 8.42. The average molecular weight is 453 g/mol. The van der Waals surface area contributed by atoms with Gasteiger partial charge in [-0.3, -0.25) is 9.78 Å². The second-order valence-corrected chi connectivity index (χ2v) is 8.42. The molecule has 0 N–H and O–H groups in total. The highest BCUT2D eigenvalue weighted by molar-refractivity contribution is 6.07. The molecule has 0 radical (unpaired) electrons. The molecule has 0 atom stereocenters. The maximum Gasteiger partial charge on any atom is 0.254 e. The van der Waals surface area contributed by atoms with Crippen molar-refractivity contribution in [3.63, 3.8) is 0 Å². The molecular formula is C27H24N4O3. The lowest BCUT2D eigenvalue weighted by atomic mass is 10.0. The van der Waals surface area contributed by atoms with Crippen molar-refractivity contribution in [2.45, 2.75) is 0 Å². The maximum atomic E-state index is 13.7. The van der Waals surface area contributed by atoms with Gasteiger partial charge < -0.3 is 19.3 Å². The number of pyridine rings is 2. The Labute approximate surface area is 197 Å².